The van der Waals surface area contributed by atoms with E-state index in [2.05, 4.69) is 38.8 Å². The number of nitrogens with one attached hydrogen (secondary N) is 2. The summed E-state index contributed by atoms with van der Waals surface area (Å²) in [5, 5.41) is 6.67. The number of nitrogens with zero attached hydrogens (tertiary/aromatic N) is 2. The molecule has 2 N–H and O–H groups in total. The van der Waals surface area contributed by atoms with Crippen molar-refractivity contribution in [2.24, 2.45) is 0 Å². The molecule has 2 aromatic rings. The maximum absolute atomic E-state index is 4.52. The van der Waals surface area contributed by atoms with E-state index in [1.54, 1.807) is 11.8 Å². The largest absolute Gasteiger partial charge is 0.370 e. The van der Waals surface area contributed by atoms with E-state index in [1.165, 1.54) is 31.2 Å². The lowest BCUT2D eigenvalue weighted by Crippen LogP contribution is -2.08. The molecule has 1 aliphatic rings. The van der Waals surface area contributed by atoms with Gasteiger partial charge in [0.2, 0.25) is 5.95 Å². The van der Waals surface area contributed by atoms with Crippen LogP contribution in [0.15, 0.2) is 54.2 Å². The predicted octanol–water partition coefficient (Wildman–Crippen LogP) is 4.39. The van der Waals surface area contributed by atoms with Crippen molar-refractivity contribution >= 4 is 11.8 Å². The molecule has 1 aliphatic carbocycles. The molecule has 0 spiro atoms. The molecule has 0 amide bonds. The second-order valence-corrected chi connectivity index (χ2v) is 5.89. The van der Waals surface area contributed by atoms with Gasteiger partial charge in [-0.25, -0.2) is 4.98 Å². The third kappa shape index (κ3) is 5.09. The Bertz CT molecular complexity index is 637. The highest BCUT2D eigenvalue weighted by Gasteiger charge is 2.04. The minimum atomic E-state index is 0.663. The number of hydrogen-bond donors (Lipinski definition) is 2. The van der Waals surface area contributed by atoms with E-state index in [4.69, 9.17) is 0 Å². The summed E-state index contributed by atoms with van der Waals surface area (Å²) in [6.45, 7) is 1.66. The number of aromatic nitrogens is 2. The second kappa shape index (κ2) is 8.32. The molecule has 120 valence electrons. The molecule has 0 aliphatic heterocycles. The zero-order chi connectivity index (χ0) is 15.7. The molecule has 4 heteroatoms. The molecule has 0 saturated carbocycles. The van der Waals surface area contributed by atoms with E-state index in [0.29, 0.717) is 5.95 Å². The van der Waals surface area contributed by atoms with Gasteiger partial charge in [0.15, 0.2) is 0 Å². The Morgan fingerprint density at radius 2 is 1.91 bits per heavy atom. The van der Waals surface area contributed by atoms with Crippen LogP contribution in [0.3, 0.4) is 0 Å². The maximum atomic E-state index is 4.52. The standard InChI is InChI=1S/C19H24N4/c1-3-7-16(8-4-1)11-13-20-18-12-14-21-19(23-18)22-15-17-9-5-2-6-10-17/h2,5-7,9-10,12,14H,1,3-4,8,11,13,15H2,(H2,20,21,22,23). The highest BCUT2D eigenvalue weighted by atomic mass is 15.1. The second-order valence-electron chi connectivity index (χ2n) is 5.89. The molecule has 0 fully saturated rings. The van der Waals surface area contributed by atoms with Gasteiger partial charge in [-0.2, -0.15) is 4.98 Å². The molecule has 1 aromatic carbocycles. The van der Waals surface area contributed by atoms with Crippen molar-refractivity contribution in [3.05, 3.63) is 59.8 Å². The number of allylic oxidation sites excluding steroid dienone is 1. The Morgan fingerprint density at radius 1 is 1.00 bits per heavy atom. The van der Waals surface area contributed by atoms with Gasteiger partial charge in [-0.1, -0.05) is 42.0 Å². The van der Waals surface area contributed by atoms with Crippen LogP contribution < -0.4 is 10.6 Å². The number of rotatable bonds is 7. The summed E-state index contributed by atoms with van der Waals surface area (Å²) in [7, 11) is 0. The van der Waals surface area contributed by atoms with Crippen molar-refractivity contribution in [3.63, 3.8) is 0 Å². The van der Waals surface area contributed by atoms with Gasteiger partial charge in [-0.05, 0) is 43.7 Å². The van der Waals surface area contributed by atoms with Crippen LogP contribution in [0.25, 0.3) is 0 Å². The van der Waals surface area contributed by atoms with Gasteiger partial charge in [0.25, 0.3) is 0 Å². The SMILES string of the molecule is C1=C(CCNc2ccnc(NCc3ccccc3)n2)CCCC1. The van der Waals surface area contributed by atoms with Crippen molar-refractivity contribution < 1.29 is 0 Å². The van der Waals surface area contributed by atoms with Gasteiger partial charge in [0.1, 0.15) is 5.82 Å². The van der Waals surface area contributed by atoms with Crippen molar-refractivity contribution in [3.8, 4) is 0 Å². The highest BCUT2D eigenvalue weighted by molar-refractivity contribution is 5.40. The van der Waals surface area contributed by atoms with Crippen molar-refractivity contribution in [2.75, 3.05) is 17.2 Å². The number of anilines is 2. The Labute approximate surface area is 138 Å². The lowest BCUT2D eigenvalue weighted by molar-refractivity contribution is 0.679. The smallest absolute Gasteiger partial charge is 0.224 e. The molecule has 3 rings (SSSR count). The minimum absolute atomic E-state index is 0.663. The van der Waals surface area contributed by atoms with E-state index in [1.807, 2.05) is 24.3 Å². The summed E-state index contributed by atoms with van der Waals surface area (Å²) in [6.07, 6.45) is 10.5. The minimum Gasteiger partial charge on any atom is -0.370 e. The highest BCUT2D eigenvalue weighted by Crippen LogP contribution is 2.20. The fourth-order valence-electron chi connectivity index (χ4n) is 2.80. The van der Waals surface area contributed by atoms with E-state index in [0.717, 1.165) is 25.3 Å². The first-order valence-corrected chi connectivity index (χ1v) is 8.43. The molecule has 4 nitrogen and oxygen atoms in total. The Morgan fingerprint density at radius 3 is 2.74 bits per heavy atom. The molecule has 0 atom stereocenters. The number of benzene rings is 1. The van der Waals surface area contributed by atoms with Crippen LogP contribution in [0, 0.1) is 0 Å². The molecule has 0 unspecified atom stereocenters. The topological polar surface area (TPSA) is 49.8 Å². The van der Waals surface area contributed by atoms with E-state index >= 15 is 0 Å². The Hall–Kier alpha value is -2.36. The molecule has 0 bridgehead atoms. The summed E-state index contributed by atoms with van der Waals surface area (Å²) >= 11 is 0. The van der Waals surface area contributed by atoms with E-state index in [-0.39, 0.29) is 0 Å². The van der Waals surface area contributed by atoms with Crippen LogP contribution in [-0.2, 0) is 6.54 Å². The van der Waals surface area contributed by atoms with Crippen LogP contribution >= 0.6 is 0 Å². The average molecular weight is 308 g/mol. The Kier molecular flexibility index (Phi) is 5.62. The summed E-state index contributed by atoms with van der Waals surface area (Å²) in [4.78, 5) is 8.80. The maximum Gasteiger partial charge on any atom is 0.224 e. The summed E-state index contributed by atoms with van der Waals surface area (Å²) in [5.41, 5.74) is 2.80. The average Bonchev–Trinajstić information content (AvgIpc) is 2.62. The third-order valence-electron chi connectivity index (χ3n) is 4.09. The molecular weight excluding hydrogens is 284 g/mol. The summed E-state index contributed by atoms with van der Waals surface area (Å²) < 4.78 is 0. The van der Waals surface area contributed by atoms with E-state index in [9.17, 15) is 0 Å². The van der Waals surface area contributed by atoms with Gasteiger partial charge in [-0.3, -0.25) is 0 Å². The molecule has 23 heavy (non-hydrogen) atoms. The van der Waals surface area contributed by atoms with Crippen molar-refractivity contribution in [1.29, 1.82) is 0 Å². The number of hydrogen-bond acceptors (Lipinski definition) is 4. The first-order valence-electron chi connectivity index (χ1n) is 8.43. The fourth-order valence-corrected chi connectivity index (χ4v) is 2.80. The van der Waals surface area contributed by atoms with Gasteiger partial charge >= 0.3 is 0 Å². The van der Waals surface area contributed by atoms with Crippen LogP contribution in [0.1, 0.15) is 37.7 Å². The zero-order valence-corrected chi connectivity index (χ0v) is 13.5. The van der Waals surface area contributed by atoms with Crippen LogP contribution in [0.2, 0.25) is 0 Å². The van der Waals surface area contributed by atoms with Crippen molar-refractivity contribution in [1.82, 2.24) is 9.97 Å². The van der Waals surface area contributed by atoms with Gasteiger partial charge in [0.05, 0.1) is 0 Å². The third-order valence-corrected chi connectivity index (χ3v) is 4.09. The molecule has 1 heterocycles. The lowest BCUT2D eigenvalue weighted by atomic mass is 9.97. The quantitative estimate of drug-likeness (QED) is 0.745. The summed E-state index contributed by atoms with van der Waals surface area (Å²) in [5.74, 6) is 1.54. The zero-order valence-electron chi connectivity index (χ0n) is 13.5. The molecule has 0 saturated heterocycles. The van der Waals surface area contributed by atoms with Crippen LogP contribution in [0.5, 0.6) is 0 Å². The van der Waals surface area contributed by atoms with Crippen LogP contribution in [0.4, 0.5) is 11.8 Å². The first kappa shape index (κ1) is 15.5. The lowest BCUT2D eigenvalue weighted by Gasteiger charge is -2.13. The predicted molar refractivity (Wildman–Crippen MR) is 95.5 cm³/mol. The first-order chi connectivity index (χ1) is 11.4. The van der Waals surface area contributed by atoms with Gasteiger partial charge in [-0.15, -0.1) is 0 Å². The molecule has 0 radical (unpaired) electrons. The van der Waals surface area contributed by atoms with Gasteiger partial charge in [0, 0.05) is 19.3 Å². The van der Waals surface area contributed by atoms with E-state index < -0.39 is 0 Å². The summed E-state index contributed by atoms with van der Waals surface area (Å²) in [6, 6.07) is 12.2. The fraction of sp³-hybridized carbons (Fsp3) is 0.368. The molecule has 1 aromatic heterocycles. The monoisotopic (exact) mass is 308 g/mol. The molecular formula is C19H24N4. The van der Waals surface area contributed by atoms with Crippen molar-refractivity contribution in [2.45, 2.75) is 38.6 Å². The van der Waals surface area contributed by atoms with Crippen LogP contribution in [-0.4, -0.2) is 16.5 Å². The van der Waals surface area contributed by atoms with Gasteiger partial charge < -0.3 is 10.6 Å². The Balaban J connectivity index is 1.48. The normalized spacial score (nSPS) is 14.2.